The van der Waals surface area contributed by atoms with Gasteiger partial charge in [-0.15, -0.1) is 0 Å². The van der Waals surface area contributed by atoms with E-state index in [2.05, 4.69) is 35.4 Å². The van der Waals surface area contributed by atoms with Gasteiger partial charge in [-0.3, -0.25) is 9.80 Å². The summed E-state index contributed by atoms with van der Waals surface area (Å²) in [7, 11) is 0. The van der Waals surface area contributed by atoms with Crippen LogP contribution in [-0.4, -0.2) is 66.1 Å². The normalized spacial score (nSPS) is 31.3. The van der Waals surface area contributed by atoms with Crippen molar-refractivity contribution in [2.75, 3.05) is 44.2 Å². The first-order chi connectivity index (χ1) is 8.80. The van der Waals surface area contributed by atoms with Crippen LogP contribution in [0.5, 0.6) is 0 Å². The van der Waals surface area contributed by atoms with Gasteiger partial charge >= 0.3 is 0 Å². The van der Waals surface area contributed by atoms with E-state index < -0.39 is 0 Å². The Hall–Kier alpha value is 0.230. The molecule has 3 nitrogen and oxygen atoms in total. The second-order valence-corrected chi connectivity index (χ2v) is 6.74. The monoisotopic (exact) mass is 271 g/mol. The number of nitrogens with zero attached hydrogens (tertiary/aromatic N) is 2. The topological polar surface area (TPSA) is 32.5 Å². The molecule has 0 aromatic rings. The first-order valence-corrected chi connectivity index (χ1v) is 8.71. The third-order valence-electron chi connectivity index (χ3n) is 4.74. The lowest BCUT2D eigenvalue weighted by Crippen LogP contribution is -2.46. The van der Waals surface area contributed by atoms with Gasteiger partial charge in [0.05, 0.1) is 0 Å². The van der Waals surface area contributed by atoms with Crippen LogP contribution in [0.1, 0.15) is 26.7 Å². The van der Waals surface area contributed by atoms with E-state index in [0.29, 0.717) is 6.04 Å². The lowest BCUT2D eigenvalue weighted by molar-refractivity contribution is 0.161. The Morgan fingerprint density at radius 3 is 2.67 bits per heavy atom. The Morgan fingerprint density at radius 1 is 1.33 bits per heavy atom. The highest BCUT2D eigenvalue weighted by Crippen LogP contribution is 2.30. The van der Waals surface area contributed by atoms with E-state index in [9.17, 15) is 0 Å². The molecule has 2 rings (SSSR count). The fourth-order valence-electron chi connectivity index (χ4n) is 3.60. The number of likely N-dealkylation sites (N-methyl/N-ethyl adjacent to an activating group) is 1. The minimum Gasteiger partial charge on any atom is -0.329 e. The average Bonchev–Trinajstić information content (AvgIpc) is 3.04. The van der Waals surface area contributed by atoms with Crippen LogP contribution in [0.2, 0.25) is 0 Å². The SMILES string of the molecule is CCN(CC)C1CCN(C(CN)C2CCSC2)C1. The Bertz CT molecular complexity index is 239. The summed E-state index contributed by atoms with van der Waals surface area (Å²) < 4.78 is 0. The number of nitrogens with two attached hydrogens (primary N) is 1. The van der Waals surface area contributed by atoms with Crippen molar-refractivity contribution in [1.82, 2.24) is 9.80 Å². The van der Waals surface area contributed by atoms with Crippen molar-refractivity contribution >= 4 is 11.8 Å². The summed E-state index contributed by atoms with van der Waals surface area (Å²) >= 11 is 2.11. The maximum atomic E-state index is 6.05. The molecule has 2 aliphatic rings. The highest BCUT2D eigenvalue weighted by atomic mass is 32.2. The summed E-state index contributed by atoms with van der Waals surface area (Å²) in [5.74, 6) is 3.51. The van der Waals surface area contributed by atoms with Gasteiger partial charge in [0.1, 0.15) is 0 Å². The zero-order valence-electron chi connectivity index (χ0n) is 12.0. The fraction of sp³-hybridized carbons (Fsp3) is 1.00. The van der Waals surface area contributed by atoms with E-state index in [0.717, 1.165) is 18.5 Å². The highest BCUT2D eigenvalue weighted by molar-refractivity contribution is 7.99. The van der Waals surface area contributed by atoms with Crippen molar-refractivity contribution in [1.29, 1.82) is 0 Å². The second-order valence-electron chi connectivity index (χ2n) is 5.59. The summed E-state index contributed by atoms with van der Waals surface area (Å²) in [5.41, 5.74) is 6.05. The third-order valence-corrected chi connectivity index (χ3v) is 5.93. The third kappa shape index (κ3) is 3.21. The molecular formula is C14H29N3S. The van der Waals surface area contributed by atoms with Crippen molar-refractivity contribution in [3.8, 4) is 0 Å². The number of thioether (sulfide) groups is 1. The van der Waals surface area contributed by atoms with Crippen molar-refractivity contribution < 1.29 is 0 Å². The molecule has 0 amide bonds. The quantitative estimate of drug-likeness (QED) is 0.793. The summed E-state index contributed by atoms with van der Waals surface area (Å²) in [5, 5.41) is 0. The van der Waals surface area contributed by atoms with Gasteiger partial charge in [-0.1, -0.05) is 13.8 Å². The van der Waals surface area contributed by atoms with Crippen molar-refractivity contribution in [2.24, 2.45) is 11.7 Å². The standard InChI is InChI=1S/C14H29N3S/c1-3-16(4-2)13-5-7-17(10-13)14(9-15)12-6-8-18-11-12/h12-14H,3-11,15H2,1-2H3. The highest BCUT2D eigenvalue weighted by Gasteiger charge is 2.34. The van der Waals surface area contributed by atoms with Crippen LogP contribution in [0, 0.1) is 5.92 Å². The molecule has 0 aromatic carbocycles. The van der Waals surface area contributed by atoms with Crippen LogP contribution >= 0.6 is 11.8 Å². The average molecular weight is 271 g/mol. The minimum absolute atomic E-state index is 0.639. The molecule has 106 valence electrons. The molecule has 0 aliphatic carbocycles. The summed E-state index contributed by atoms with van der Waals surface area (Å²) in [4.78, 5) is 5.29. The molecule has 2 heterocycles. The van der Waals surface area contributed by atoms with E-state index in [1.807, 2.05) is 0 Å². The van der Waals surface area contributed by atoms with E-state index in [1.165, 1.54) is 50.5 Å². The van der Waals surface area contributed by atoms with Gasteiger partial charge in [0, 0.05) is 31.7 Å². The van der Waals surface area contributed by atoms with Gasteiger partial charge in [0.25, 0.3) is 0 Å². The molecule has 0 saturated carbocycles. The van der Waals surface area contributed by atoms with Crippen LogP contribution in [0.25, 0.3) is 0 Å². The minimum atomic E-state index is 0.639. The van der Waals surface area contributed by atoms with Crippen LogP contribution in [0.4, 0.5) is 0 Å². The molecule has 18 heavy (non-hydrogen) atoms. The van der Waals surface area contributed by atoms with Crippen molar-refractivity contribution in [3.05, 3.63) is 0 Å². The molecule has 0 bridgehead atoms. The van der Waals surface area contributed by atoms with Crippen LogP contribution in [0.3, 0.4) is 0 Å². The molecule has 2 fully saturated rings. The van der Waals surface area contributed by atoms with Gasteiger partial charge in [-0.25, -0.2) is 0 Å². The zero-order valence-corrected chi connectivity index (χ0v) is 12.8. The number of rotatable bonds is 6. The maximum absolute atomic E-state index is 6.05. The molecule has 3 atom stereocenters. The summed E-state index contributed by atoms with van der Waals surface area (Å²) in [6.45, 7) is 10.3. The number of hydrogen-bond acceptors (Lipinski definition) is 4. The fourth-order valence-corrected chi connectivity index (χ4v) is 4.93. The Labute approximate surface area is 116 Å². The van der Waals surface area contributed by atoms with E-state index in [-0.39, 0.29) is 0 Å². The molecular weight excluding hydrogens is 242 g/mol. The Morgan fingerprint density at radius 2 is 2.11 bits per heavy atom. The van der Waals surface area contributed by atoms with Gasteiger partial charge in [0.15, 0.2) is 0 Å². The maximum Gasteiger partial charge on any atom is 0.0255 e. The molecule has 3 unspecified atom stereocenters. The van der Waals surface area contributed by atoms with Crippen LogP contribution < -0.4 is 5.73 Å². The summed E-state index contributed by atoms with van der Waals surface area (Å²) in [6.07, 6.45) is 2.71. The smallest absolute Gasteiger partial charge is 0.0255 e. The van der Waals surface area contributed by atoms with Gasteiger partial charge in [0.2, 0.25) is 0 Å². The second kappa shape index (κ2) is 7.13. The van der Waals surface area contributed by atoms with E-state index in [4.69, 9.17) is 5.73 Å². The molecule has 2 N–H and O–H groups in total. The first kappa shape index (κ1) is 14.6. The predicted octanol–water partition coefficient (Wildman–Crippen LogP) is 1.48. The molecule has 4 heteroatoms. The van der Waals surface area contributed by atoms with Crippen molar-refractivity contribution in [2.45, 2.75) is 38.8 Å². The van der Waals surface area contributed by atoms with Gasteiger partial charge in [-0.2, -0.15) is 11.8 Å². The Kier molecular flexibility index (Phi) is 5.80. The number of hydrogen-bond donors (Lipinski definition) is 1. The molecule has 0 radical (unpaired) electrons. The number of likely N-dealkylation sites (tertiary alicyclic amines) is 1. The first-order valence-electron chi connectivity index (χ1n) is 7.56. The van der Waals surface area contributed by atoms with E-state index in [1.54, 1.807) is 0 Å². The lowest BCUT2D eigenvalue weighted by Gasteiger charge is -2.32. The Balaban J connectivity index is 1.89. The van der Waals surface area contributed by atoms with Gasteiger partial charge < -0.3 is 5.73 Å². The van der Waals surface area contributed by atoms with Gasteiger partial charge in [-0.05, 0) is 43.4 Å². The van der Waals surface area contributed by atoms with Crippen molar-refractivity contribution in [3.63, 3.8) is 0 Å². The largest absolute Gasteiger partial charge is 0.329 e. The van der Waals surface area contributed by atoms with Crippen LogP contribution in [0.15, 0.2) is 0 Å². The molecule has 2 aliphatic heterocycles. The zero-order chi connectivity index (χ0) is 13.0. The van der Waals surface area contributed by atoms with Crippen LogP contribution in [-0.2, 0) is 0 Å². The summed E-state index contributed by atoms with van der Waals surface area (Å²) in [6, 6.07) is 1.41. The molecule has 0 aromatic heterocycles. The lowest BCUT2D eigenvalue weighted by atomic mass is 9.98. The predicted molar refractivity (Wildman–Crippen MR) is 81.2 cm³/mol. The molecule has 2 saturated heterocycles. The molecule has 0 spiro atoms. The van der Waals surface area contributed by atoms with E-state index >= 15 is 0 Å².